The van der Waals surface area contributed by atoms with Crippen molar-refractivity contribution >= 4 is 11.2 Å². The van der Waals surface area contributed by atoms with Crippen molar-refractivity contribution in [1.82, 2.24) is 9.38 Å². The molecule has 2 rings (SSSR count). The molecule has 0 fully saturated rings. The predicted octanol–water partition coefficient (Wildman–Crippen LogP) is 1.26. The Labute approximate surface area is 78.6 Å². The third-order valence-electron chi connectivity index (χ3n) is 1.88. The van der Waals surface area contributed by atoms with Crippen LogP contribution in [-0.4, -0.2) is 19.4 Å². The van der Waals surface area contributed by atoms with Crippen LogP contribution in [0.25, 0.3) is 5.52 Å². The molecule has 0 spiro atoms. The predicted molar refractivity (Wildman–Crippen MR) is 48.2 cm³/mol. The number of aromatic nitrogens is 2. The summed E-state index contributed by atoms with van der Waals surface area (Å²) in [7, 11) is 0. The minimum absolute atomic E-state index is 0.0623. The van der Waals surface area contributed by atoms with Crippen LogP contribution in [0.2, 0.25) is 0 Å². The number of nitrogens with zero attached hydrogens (tertiary/aromatic N) is 3. The zero-order valence-electron chi connectivity index (χ0n) is 7.34. The van der Waals surface area contributed by atoms with Gasteiger partial charge in [-0.25, -0.2) is 4.98 Å². The smallest absolute Gasteiger partial charge is 0.288 e. The average molecular weight is 193 g/mol. The number of hydrogen-bond acceptors (Lipinski definition) is 4. The first-order valence-electron chi connectivity index (χ1n) is 3.90. The Bertz CT molecular complexity index is 518. The molecule has 0 aliphatic heterocycles. The summed E-state index contributed by atoms with van der Waals surface area (Å²) in [6.45, 7) is 1.70. The van der Waals surface area contributed by atoms with Crippen molar-refractivity contribution < 1.29 is 10.0 Å². The van der Waals surface area contributed by atoms with Gasteiger partial charge in [-0.05, 0) is 6.92 Å². The largest absolute Gasteiger partial charge is 0.492 e. The average Bonchev–Trinajstić information content (AvgIpc) is 2.47. The Morgan fingerprint density at radius 2 is 2.29 bits per heavy atom. The molecule has 2 aromatic rings. The summed E-state index contributed by atoms with van der Waals surface area (Å²) in [5.41, 5.74) is 0.871. The van der Waals surface area contributed by atoms with Crippen LogP contribution in [0.5, 0.6) is 5.88 Å². The molecule has 0 aliphatic rings. The van der Waals surface area contributed by atoms with Gasteiger partial charge in [-0.1, -0.05) is 0 Å². The SMILES string of the molecule is Cc1cn2cc([N+](=O)[O-])cc2c(O)n1. The van der Waals surface area contributed by atoms with Crippen LogP contribution in [0.1, 0.15) is 5.69 Å². The second-order valence-corrected chi connectivity index (χ2v) is 2.95. The van der Waals surface area contributed by atoms with E-state index in [2.05, 4.69) is 4.98 Å². The second kappa shape index (κ2) is 2.69. The number of hydrogen-bond donors (Lipinski definition) is 1. The molecule has 0 aliphatic carbocycles. The lowest BCUT2D eigenvalue weighted by atomic mass is 10.4. The van der Waals surface area contributed by atoms with Crippen molar-refractivity contribution in [3.63, 3.8) is 0 Å². The zero-order chi connectivity index (χ0) is 10.3. The molecule has 0 saturated carbocycles. The molecule has 2 aromatic heterocycles. The van der Waals surface area contributed by atoms with Gasteiger partial charge in [0.15, 0.2) is 0 Å². The van der Waals surface area contributed by atoms with E-state index in [1.807, 2.05) is 0 Å². The molecular weight excluding hydrogens is 186 g/mol. The first-order valence-corrected chi connectivity index (χ1v) is 3.90. The van der Waals surface area contributed by atoms with E-state index in [1.54, 1.807) is 13.1 Å². The van der Waals surface area contributed by atoms with Gasteiger partial charge < -0.3 is 9.51 Å². The minimum atomic E-state index is -0.512. The summed E-state index contributed by atoms with van der Waals surface area (Å²) < 4.78 is 1.48. The highest BCUT2D eigenvalue weighted by Crippen LogP contribution is 2.23. The highest BCUT2D eigenvalue weighted by Gasteiger charge is 2.12. The van der Waals surface area contributed by atoms with Gasteiger partial charge in [0.25, 0.3) is 5.69 Å². The van der Waals surface area contributed by atoms with E-state index in [0.29, 0.717) is 11.2 Å². The fourth-order valence-electron chi connectivity index (χ4n) is 1.31. The number of fused-ring (bicyclic) bond motifs is 1. The van der Waals surface area contributed by atoms with Gasteiger partial charge in [-0.3, -0.25) is 10.1 Å². The maximum Gasteiger partial charge on any atom is 0.288 e. The van der Waals surface area contributed by atoms with Crippen molar-refractivity contribution in [2.45, 2.75) is 6.92 Å². The molecule has 1 N–H and O–H groups in total. The Kier molecular flexibility index (Phi) is 1.63. The molecule has 0 bridgehead atoms. The van der Waals surface area contributed by atoms with E-state index in [0.717, 1.165) is 0 Å². The Balaban J connectivity index is 2.76. The number of aryl methyl sites for hydroxylation is 1. The fraction of sp³-hybridized carbons (Fsp3) is 0.125. The first-order chi connectivity index (χ1) is 6.58. The molecule has 0 amide bonds. The van der Waals surface area contributed by atoms with E-state index >= 15 is 0 Å². The normalized spacial score (nSPS) is 10.6. The van der Waals surface area contributed by atoms with Crippen molar-refractivity contribution in [3.8, 4) is 5.88 Å². The molecule has 0 atom stereocenters. The Morgan fingerprint density at radius 3 is 2.93 bits per heavy atom. The van der Waals surface area contributed by atoms with E-state index in [-0.39, 0.29) is 11.6 Å². The molecule has 0 radical (unpaired) electrons. The van der Waals surface area contributed by atoms with Gasteiger partial charge in [0, 0.05) is 12.3 Å². The molecule has 0 saturated heterocycles. The van der Waals surface area contributed by atoms with Crippen LogP contribution in [0.4, 0.5) is 5.69 Å². The third kappa shape index (κ3) is 1.17. The van der Waals surface area contributed by atoms with Crippen LogP contribution in [-0.2, 0) is 0 Å². The Hall–Kier alpha value is -2.11. The molecule has 0 unspecified atom stereocenters. The summed E-state index contributed by atoms with van der Waals surface area (Å²) >= 11 is 0. The van der Waals surface area contributed by atoms with Crippen LogP contribution in [0.3, 0.4) is 0 Å². The lowest BCUT2D eigenvalue weighted by Crippen LogP contribution is -1.88. The quantitative estimate of drug-likeness (QED) is 0.546. The fourth-order valence-corrected chi connectivity index (χ4v) is 1.31. The van der Waals surface area contributed by atoms with Crippen LogP contribution < -0.4 is 0 Å². The molecule has 72 valence electrons. The second-order valence-electron chi connectivity index (χ2n) is 2.95. The highest BCUT2D eigenvalue weighted by molar-refractivity contribution is 5.62. The summed E-state index contributed by atoms with van der Waals surface area (Å²) in [5, 5.41) is 19.8. The van der Waals surface area contributed by atoms with Crippen molar-refractivity contribution in [3.05, 3.63) is 34.3 Å². The zero-order valence-corrected chi connectivity index (χ0v) is 7.34. The molecule has 6 nitrogen and oxygen atoms in total. The first kappa shape index (κ1) is 8.49. The van der Waals surface area contributed by atoms with Crippen molar-refractivity contribution in [2.75, 3.05) is 0 Å². The monoisotopic (exact) mass is 193 g/mol. The van der Waals surface area contributed by atoms with E-state index < -0.39 is 4.92 Å². The van der Waals surface area contributed by atoms with Crippen LogP contribution >= 0.6 is 0 Å². The number of nitro groups is 1. The van der Waals surface area contributed by atoms with E-state index in [9.17, 15) is 15.2 Å². The highest BCUT2D eigenvalue weighted by atomic mass is 16.6. The molecular formula is C8H7N3O3. The lowest BCUT2D eigenvalue weighted by molar-refractivity contribution is -0.384. The topological polar surface area (TPSA) is 80.7 Å². The van der Waals surface area contributed by atoms with Gasteiger partial charge in [0.1, 0.15) is 5.52 Å². The van der Waals surface area contributed by atoms with Gasteiger partial charge in [0.2, 0.25) is 5.88 Å². The molecule has 6 heteroatoms. The van der Waals surface area contributed by atoms with Gasteiger partial charge in [-0.2, -0.15) is 0 Å². The van der Waals surface area contributed by atoms with Crippen LogP contribution in [0, 0.1) is 17.0 Å². The standard InChI is InChI=1S/C8H7N3O3/c1-5-3-10-4-6(11(13)14)2-7(10)8(12)9-5/h2-4H,1H3,(H,9,12). The third-order valence-corrected chi connectivity index (χ3v) is 1.88. The molecule has 0 aromatic carbocycles. The summed E-state index contributed by atoms with van der Waals surface area (Å²) in [6, 6.07) is 1.28. The summed E-state index contributed by atoms with van der Waals surface area (Å²) in [4.78, 5) is 13.7. The molecule has 2 heterocycles. The van der Waals surface area contributed by atoms with Crippen molar-refractivity contribution in [2.24, 2.45) is 0 Å². The lowest BCUT2D eigenvalue weighted by Gasteiger charge is -1.97. The minimum Gasteiger partial charge on any atom is -0.492 e. The van der Waals surface area contributed by atoms with E-state index in [1.165, 1.54) is 16.7 Å². The van der Waals surface area contributed by atoms with Crippen LogP contribution in [0.15, 0.2) is 18.5 Å². The number of aromatic hydroxyl groups is 1. The van der Waals surface area contributed by atoms with Gasteiger partial charge >= 0.3 is 0 Å². The van der Waals surface area contributed by atoms with Gasteiger partial charge in [0.05, 0.1) is 16.8 Å². The maximum atomic E-state index is 10.5. The summed E-state index contributed by atoms with van der Waals surface area (Å²) in [5.74, 6) is -0.196. The molecule has 14 heavy (non-hydrogen) atoms. The summed E-state index contributed by atoms with van der Waals surface area (Å²) in [6.07, 6.45) is 2.95. The van der Waals surface area contributed by atoms with E-state index in [4.69, 9.17) is 0 Å². The Morgan fingerprint density at radius 1 is 1.57 bits per heavy atom. The van der Waals surface area contributed by atoms with Crippen molar-refractivity contribution in [1.29, 1.82) is 0 Å². The van der Waals surface area contributed by atoms with Gasteiger partial charge in [-0.15, -0.1) is 0 Å². The number of rotatable bonds is 1. The maximum absolute atomic E-state index is 10.5.